The third-order valence-corrected chi connectivity index (χ3v) is 3.16. The molecule has 0 bridgehead atoms. The van der Waals surface area contributed by atoms with E-state index in [1.807, 2.05) is 0 Å². The number of pyridine rings is 1. The minimum atomic E-state index is -1.67. The van der Waals surface area contributed by atoms with Crippen molar-refractivity contribution >= 4 is 12.1 Å². The first kappa shape index (κ1) is 17.4. The van der Waals surface area contributed by atoms with Crippen LogP contribution < -0.4 is 5.32 Å². The third kappa shape index (κ3) is 4.75. The number of hydrogen-bond donors (Lipinski definition) is 3. The molecule has 1 amide bonds. The van der Waals surface area contributed by atoms with Gasteiger partial charge in [0.05, 0.1) is 0 Å². The Morgan fingerprint density at radius 1 is 1.21 bits per heavy atom. The topological polar surface area (TPSA) is 109 Å². The van der Waals surface area contributed by atoms with Gasteiger partial charge in [0.2, 0.25) is 5.95 Å². The Kier molecular flexibility index (Phi) is 5.80. The SMILES string of the molecule is O=C(NC(C(=O)O)C(O)c1ccc(F)nc1)OCc1ccccc1. The number of aliphatic carboxylic acids is 1. The number of halogens is 1. The molecule has 7 nitrogen and oxygen atoms in total. The monoisotopic (exact) mass is 334 g/mol. The van der Waals surface area contributed by atoms with Crippen molar-refractivity contribution in [3.8, 4) is 0 Å². The van der Waals surface area contributed by atoms with Crippen molar-refractivity contribution in [1.82, 2.24) is 10.3 Å². The maximum Gasteiger partial charge on any atom is 0.408 e. The first-order valence-corrected chi connectivity index (χ1v) is 6.97. The molecule has 2 rings (SSSR count). The van der Waals surface area contributed by atoms with Crippen molar-refractivity contribution in [1.29, 1.82) is 0 Å². The molecule has 0 aliphatic carbocycles. The van der Waals surface area contributed by atoms with Crippen LogP contribution in [0.1, 0.15) is 17.2 Å². The summed E-state index contributed by atoms with van der Waals surface area (Å²) in [5.41, 5.74) is 0.773. The largest absolute Gasteiger partial charge is 0.480 e. The van der Waals surface area contributed by atoms with E-state index < -0.39 is 30.2 Å². The van der Waals surface area contributed by atoms with Gasteiger partial charge in [0, 0.05) is 11.8 Å². The van der Waals surface area contributed by atoms with Crippen LogP contribution in [0.3, 0.4) is 0 Å². The molecule has 0 aliphatic heterocycles. The number of aromatic nitrogens is 1. The van der Waals surface area contributed by atoms with Gasteiger partial charge in [0.1, 0.15) is 12.7 Å². The van der Waals surface area contributed by atoms with Crippen LogP contribution in [-0.2, 0) is 16.1 Å². The van der Waals surface area contributed by atoms with Crippen LogP contribution in [-0.4, -0.2) is 33.3 Å². The molecule has 1 aromatic heterocycles. The summed E-state index contributed by atoms with van der Waals surface area (Å²) >= 11 is 0. The predicted molar refractivity (Wildman–Crippen MR) is 80.3 cm³/mol. The molecule has 24 heavy (non-hydrogen) atoms. The average Bonchev–Trinajstić information content (AvgIpc) is 2.58. The van der Waals surface area contributed by atoms with Crippen LogP contribution in [0.2, 0.25) is 0 Å². The number of carboxylic acids is 1. The van der Waals surface area contributed by atoms with E-state index in [-0.39, 0.29) is 12.2 Å². The first-order valence-electron chi connectivity index (χ1n) is 6.97. The number of carbonyl (C=O) groups is 2. The van der Waals surface area contributed by atoms with Gasteiger partial charge in [-0.05, 0) is 11.6 Å². The second-order valence-electron chi connectivity index (χ2n) is 4.88. The highest BCUT2D eigenvalue weighted by Crippen LogP contribution is 2.16. The highest BCUT2D eigenvalue weighted by Gasteiger charge is 2.30. The van der Waals surface area contributed by atoms with E-state index in [1.165, 1.54) is 6.07 Å². The van der Waals surface area contributed by atoms with Crippen molar-refractivity contribution in [2.45, 2.75) is 18.8 Å². The molecule has 1 heterocycles. The number of hydrogen-bond acceptors (Lipinski definition) is 5. The summed E-state index contributed by atoms with van der Waals surface area (Å²) in [5.74, 6) is -2.24. The van der Waals surface area contributed by atoms with Crippen LogP contribution in [0.5, 0.6) is 0 Å². The number of amides is 1. The number of nitrogens with one attached hydrogen (secondary N) is 1. The number of carbonyl (C=O) groups excluding carboxylic acids is 1. The predicted octanol–water partition coefficient (Wildman–Crippen LogP) is 1.63. The molecule has 1 aromatic carbocycles. The van der Waals surface area contributed by atoms with Crippen LogP contribution in [0.4, 0.5) is 9.18 Å². The molecule has 8 heteroatoms. The molecule has 2 unspecified atom stereocenters. The summed E-state index contributed by atoms with van der Waals surface area (Å²) in [5, 5.41) is 21.3. The Bertz CT molecular complexity index is 693. The molecule has 0 saturated carbocycles. The zero-order valence-electron chi connectivity index (χ0n) is 12.4. The van der Waals surface area contributed by atoms with E-state index in [9.17, 15) is 19.1 Å². The van der Waals surface area contributed by atoms with Gasteiger partial charge in [0.25, 0.3) is 0 Å². The number of aliphatic hydroxyl groups is 1. The third-order valence-electron chi connectivity index (χ3n) is 3.16. The lowest BCUT2D eigenvalue weighted by Crippen LogP contribution is -2.45. The molecular formula is C16H15FN2O5. The maximum absolute atomic E-state index is 12.8. The second kappa shape index (κ2) is 8.02. The highest BCUT2D eigenvalue weighted by atomic mass is 19.1. The van der Waals surface area contributed by atoms with Crippen LogP contribution >= 0.6 is 0 Å². The zero-order chi connectivity index (χ0) is 17.5. The minimum Gasteiger partial charge on any atom is -0.480 e. The number of rotatable bonds is 6. The van der Waals surface area contributed by atoms with Crippen molar-refractivity contribution in [3.05, 3.63) is 65.7 Å². The fourth-order valence-electron chi connectivity index (χ4n) is 1.92. The second-order valence-corrected chi connectivity index (χ2v) is 4.88. The number of nitrogens with zero attached hydrogens (tertiary/aromatic N) is 1. The van der Waals surface area contributed by atoms with Crippen LogP contribution in [0.15, 0.2) is 48.7 Å². The Morgan fingerprint density at radius 3 is 2.50 bits per heavy atom. The molecule has 2 aromatic rings. The molecule has 0 fully saturated rings. The molecule has 0 saturated heterocycles. The van der Waals surface area contributed by atoms with Gasteiger partial charge < -0.3 is 20.3 Å². The molecule has 0 aliphatic rings. The van der Waals surface area contributed by atoms with Crippen molar-refractivity contribution in [2.24, 2.45) is 0 Å². The Hall–Kier alpha value is -3.00. The lowest BCUT2D eigenvalue weighted by molar-refractivity contribution is -0.142. The van der Waals surface area contributed by atoms with Gasteiger partial charge >= 0.3 is 12.1 Å². The fraction of sp³-hybridized carbons (Fsp3) is 0.188. The first-order chi connectivity index (χ1) is 11.5. The van der Waals surface area contributed by atoms with E-state index in [0.717, 1.165) is 17.8 Å². The molecule has 0 radical (unpaired) electrons. The van der Waals surface area contributed by atoms with Crippen LogP contribution in [0, 0.1) is 5.95 Å². The standard InChI is InChI=1S/C16H15FN2O5/c17-12-7-6-11(8-18-12)14(20)13(15(21)22)19-16(23)24-9-10-4-2-1-3-5-10/h1-8,13-14,20H,9H2,(H,19,23)(H,21,22). The number of ether oxygens (including phenoxy) is 1. The molecule has 126 valence electrons. The Morgan fingerprint density at radius 2 is 1.92 bits per heavy atom. The zero-order valence-corrected chi connectivity index (χ0v) is 12.4. The Balaban J connectivity index is 1.98. The highest BCUT2D eigenvalue weighted by molar-refractivity contribution is 5.80. The van der Waals surface area contributed by atoms with Crippen molar-refractivity contribution in [2.75, 3.05) is 0 Å². The van der Waals surface area contributed by atoms with Gasteiger partial charge in [0.15, 0.2) is 6.04 Å². The van der Waals surface area contributed by atoms with E-state index in [1.54, 1.807) is 30.3 Å². The average molecular weight is 334 g/mol. The number of aliphatic hydroxyl groups excluding tert-OH is 1. The molecular weight excluding hydrogens is 319 g/mol. The number of carboxylic acid groups (broad SMARTS) is 1. The molecule has 2 atom stereocenters. The number of alkyl carbamates (subject to hydrolysis) is 1. The number of benzene rings is 1. The van der Waals surface area contributed by atoms with Gasteiger partial charge in [-0.2, -0.15) is 4.39 Å². The summed E-state index contributed by atoms with van der Waals surface area (Å²) in [6.45, 7) is -0.0484. The van der Waals surface area contributed by atoms with E-state index in [4.69, 9.17) is 9.84 Å². The molecule has 0 spiro atoms. The van der Waals surface area contributed by atoms with E-state index >= 15 is 0 Å². The normalized spacial score (nSPS) is 12.9. The van der Waals surface area contributed by atoms with Crippen molar-refractivity contribution in [3.63, 3.8) is 0 Å². The van der Waals surface area contributed by atoms with E-state index in [2.05, 4.69) is 10.3 Å². The summed E-state index contributed by atoms with van der Waals surface area (Å²) in [4.78, 5) is 26.3. The fourth-order valence-corrected chi connectivity index (χ4v) is 1.92. The van der Waals surface area contributed by atoms with Crippen LogP contribution in [0.25, 0.3) is 0 Å². The van der Waals surface area contributed by atoms with Gasteiger partial charge in [-0.15, -0.1) is 0 Å². The van der Waals surface area contributed by atoms with Crippen molar-refractivity contribution < 1.29 is 28.9 Å². The summed E-state index contributed by atoms with van der Waals surface area (Å²) in [7, 11) is 0. The van der Waals surface area contributed by atoms with Gasteiger partial charge in [-0.3, -0.25) is 0 Å². The lowest BCUT2D eigenvalue weighted by atomic mass is 10.0. The van der Waals surface area contributed by atoms with Gasteiger partial charge in [-0.1, -0.05) is 36.4 Å². The maximum atomic E-state index is 12.8. The quantitative estimate of drug-likeness (QED) is 0.693. The molecule has 3 N–H and O–H groups in total. The smallest absolute Gasteiger partial charge is 0.408 e. The summed E-state index contributed by atoms with van der Waals surface area (Å²) in [6, 6.07) is 9.30. The summed E-state index contributed by atoms with van der Waals surface area (Å²) < 4.78 is 17.7. The van der Waals surface area contributed by atoms with Gasteiger partial charge in [-0.25, -0.2) is 14.6 Å². The summed E-state index contributed by atoms with van der Waals surface area (Å²) in [6.07, 6.45) is -1.62. The lowest BCUT2D eigenvalue weighted by Gasteiger charge is -2.20. The Labute approximate surface area is 136 Å². The van der Waals surface area contributed by atoms with E-state index in [0.29, 0.717) is 0 Å². The minimum absolute atomic E-state index is 0.0483.